The zero-order valence-electron chi connectivity index (χ0n) is 4.68. The molecule has 0 heterocycles. The van der Waals surface area contributed by atoms with Gasteiger partial charge in [-0.1, -0.05) is 0 Å². The summed E-state index contributed by atoms with van der Waals surface area (Å²) >= 11 is 0. The van der Waals surface area contributed by atoms with E-state index >= 15 is 0 Å². The molecular formula is CH8O6Si2. The van der Waals surface area contributed by atoms with E-state index in [1.54, 1.807) is 0 Å². The molecule has 0 aromatic heterocycles. The van der Waals surface area contributed by atoms with Crippen LogP contribution in [0.4, 0.5) is 4.79 Å². The maximum Gasteiger partial charge on any atom is 0.503 e. The van der Waals surface area contributed by atoms with Crippen LogP contribution in [0, 0.1) is 0 Å². The van der Waals surface area contributed by atoms with Crippen LogP contribution in [0.3, 0.4) is 0 Å². The molecule has 0 saturated heterocycles. The second-order valence-corrected chi connectivity index (χ2v) is 3.38. The van der Waals surface area contributed by atoms with Crippen molar-refractivity contribution >= 4 is 26.2 Å². The number of carboxylic acid groups (broad SMARTS) is 2. The van der Waals surface area contributed by atoms with Gasteiger partial charge in [-0.2, -0.15) is 0 Å². The van der Waals surface area contributed by atoms with Gasteiger partial charge < -0.3 is 23.9 Å². The first-order chi connectivity index (χ1) is 4.00. The third-order valence-corrected chi connectivity index (χ3v) is 1.90. The van der Waals surface area contributed by atoms with Crippen LogP contribution >= 0.6 is 0 Å². The Balaban J connectivity index is 0. The lowest BCUT2D eigenvalue weighted by Crippen LogP contribution is -2.13. The Bertz CT molecular complexity index is 67.5. The summed E-state index contributed by atoms with van der Waals surface area (Å²) < 4.78 is 4.14. The summed E-state index contributed by atoms with van der Waals surface area (Å²) in [5.74, 6) is 0. The summed E-state index contributed by atoms with van der Waals surface area (Å²) in [6, 6.07) is 0. The van der Waals surface area contributed by atoms with Gasteiger partial charge in [0.2, 0.25) is 0 Å². The quantitative estimate of drug-likeness (QED) is 0.318. The largest absolute Gasteiger partial charge is 0.503 e. The molecule has 0 atom stereocenters. The van der Waals surface area contributed by atoms with Crippen molar-refractivity contribution in [3.63, 3.8) is 0 Å². The highest BCUT2D eigenvalue weighted by Gasteiger charge is 1.91. The van der Waals surface area contributed by atoms with E-state index in [0.29, 0.717) is 10.5 Å². The van der Waals surface area contributed by atoms with Crippen LogP contribution in [0.5, 0.6) is 0 Å². The second-order valence-electron chi connectivity index (χ2n) is 0.845. The topological polar surface area (TPSA) is 107 Å². The molecule has 0 amide bonds. The second kappa shape index (κ2) is 7.58. The lowest BCUT2D eigenvalue weighted by molar-refractivity contribution is 0.137. The van der Waals surface area contributed by atoms with Crippen molar-refractivity contribution in [1.29, 1.82) is 0 Å². The molecule has 0 aliphatic heterocycles. The fraction of sp³-hybridized carbons (Fsp3) is 0. The zero-order chi connectivity index (χ0) is 7.86. The van der Waals surface area contributed by atoms with Crippen molar-refractivity contribution in [1.82, 2.24) is 0 Å². The molecular weight excluding hydrogens is 164 g/mol. The monoisotopic (exact) mass is 172 g/mol. The third kappa shape index (κ3) is 94.3. The summed E-state index contributed by atoms with van der Waals surface area (Å²) in [7, 11) is -2.15. The van der Waals surface area contributed by atoms with Gasteiger partial charge in [0.1, 0.15) is 10.5 Å². The predicted molar refractivity (Wildman–Crippen MR) is 33.3 cm³/mol. The van der Waals surface area contributed by atoms with E-state index < -0.39 is 15.7 Å². The van der Waals surface area contributed by atoms with Crippen molar-refractivity contribution in [2.75, 3.05) is 0 Å². The summed E-state index contributed by atoms with van der Waals surface area (Å²) in [6.45, 7) is 0. The molecule has 0 saturated carbocycles. The van der Waals surface area contributed by atoms with Crippen LogP contribution in [-0.4, -0.2) is 46.0 Å². The zero-order valence-corrected chi connectivity index (χ0v) is 7.84. The summed E-state index contributed by atoms with van der Waals surface area (Å²) in [5, 5.41) is 13.9. The Kier molecular flexibility index (Phi) is 9.60. The average Bonchev–Trinajstić information content (AvgIpc) is 1.65. The molecule has 0 radical (unpaired) electrons. The molecule has 0 spiro atoms. The number of hydrogen-bond acceptors (Lipinski definition) is 4. The van der Waals surface area contributed by atoms with Gasteiger partial charge in [0.15, 0.2) is 0 Å². The fourth-order valence-electron chi connectivity index (χ4n) is 0. The Hall–Kier alpha value is -0.416. The highest BCUT2D eigenvalue weighted by Crippen LogP contribution is 1.58. The number of hydrogen-bond donors (Lipinski definition) is 4. The lowest BCUT2D eigenvalue weighted by Gasteiger charge is -1.89. The molecule has 4 N–H and O–H groups in total. The minimum absolute atomic E-state index is 0.435. The number of carbonyl (C=O) groups is 1. The van der Waals surface area contributed by atoms with Crippen LogP contribution in [0.1, 0.15) is 0 Å². The van der Waals surface area contributed by atoms with Crippen molar-refractivity contribution in [2.45, 2.75) is 0 Å². The standard InChI is InChI=1S/CH2O3.H6O3Si2/c2-1(3)4;1-5(2)3-4/h(H2,2,3,4);1-2,5H,4H3. The first-order valence-electron chi connectivity index (χ1n) is 1.81. The highest BCUT2D eigenvalue weighted by molar-refractivity contribution is 6.38. The first-order valence-corrected chi connectivity index (χ1v) is 4.13. The van der Waals surface area contributed by atoms with Crippen LogP contribution in [-0.2, 0) is 4.12 Å². The molecule has 0 unspecified atom stereocenters. The molecule has 6 nitrogen and oxygen atoms in total. The first kappa shape index (κ1) is 11.4. The summed E-state index contributed by atoms with van der Waals surface area (Å²) in [5.41, 5.74) is 0. The normalized spacial score (nSPS) is 8.33. The molecule has 0 bridgehead atoms. The van der Waals surface area contributed by atoms with E-state index in [1.165, 1.54) is 0 Å². The summed E-state index contributed by atoms with van der Waals surface area (Å²) in [4.78, 5) is 24.3. The minimum Gasteiger partial charge on any atom is -0.450 e. The smallest absolute Gasteiger partial charge is 0.450 e. The van der Waals surface area contributed by atoms with E-state index in [9.17, 15) is 0 Å². The lowest BCUT2D eigenvalue weighted by atomic mass is 11.5. The SMILES string of the molecule is O=C(O)O.O[SiH](O)O[SiH3]. The van der Waals surface area contributed by atoms with Crippen molar-refractivity contribution in [3.05, 3.63) is 0 Å². The Morgan fingerprint density at radius 1 is 1.44 bits per heavy atom. The van der Waals surface area contributed by atoms with E-state index in [-0.39, 0.29) is 0 Å². The molecule has 0 aliphatic carbocycles. The van der Waals surface area contributed by atoms with Gasteiger partial charge >= 0.3 is 15.7 Å². The van der Waals surface area contributed by atoms with Gasteiger partial charge in [-0.3, -0.25) is 0 Å². The summed E-state index contributed by atoms with van der Waals surface area (Å²) in [6.07, 6.45) is -1.83. The molecule has 0 fully saturated rings. The van der Waals surface area contributed by atoms with Crippen LogP contribution < -0.4 is 0 Å². The third-order valence-electron chi connectivity index (χ3n) is 0.211. The van der Waals surface area contributed by atoms with Crippen molar-refractivity contribution < 1.29 is 28.7 Å². The molecule has 0 aromatic carbocycles. The van der Waals surface area contributed by atoms with Gasteiger partial charge in [-0.25, -0.2) is 4.79 Å². The molecule has 9 heavy (non-hydrogen) atoms. The Morgan fingerprint density at radius 3 is 1.56 bits per heavy atom. The molecule has 0 aliphatic rings. The van der Waals surface area contributed by atoms with Gasteiger partial charge in [0.25, 0.3) is 0 Å². The van der Waals surface area contributed by atoms with Gasteiger partial charge in [0.05, 0.1) is 0 Å². The van der Waals surface area contributed by atoms with Crippen LogP contribution in [0.2, 0.25) is 0 Å². The van der Waals surface area contributed by atoms with Gasteiger partial charge in [-0.05, 0) is 0 Å². The van der Waals surface area contributed by atoms with E-state index in [1.807, 2.05) is 0 Å². The van der Waals surface area contributed by atoms with Crippen LogP contribution in [0.15, 0.2) is 0 Å². The Labute approximate surface area is 55.8 Å². The van der Waals surface area contributed by atoms with E-state index in [0.717, 1.165) is 0 Å². The number of rotatable bonds is 1. The van der Waals surface area contributed by atoms with Gasteiger partial charge in [-0.15, -0.1) is 0 Å². The molecule has 0 rings (SSSR count). The van der Waals surface area contributed by atoms with E-state index in [4.69, 9.17) is 24.6 Å². The van der Waals surface area contributed by atoms with Crippen molar-refractivity contribution in [3.8, 4) is 0 Å². The van der Waals surface area contributed by atoms with Crippen LogP contribution in [0.25, 0.3) is 0 Å². The van der Waals surface area contributed by atoms with Crippen molar-refractivity contribution in [2.24, 2.45) is 0 Å². The van der Waals surface area contributed by atoms with E-state index in [2.05, 4.69) is 4.12 Å². The maximum atomic E-state index is 8.56. The van der Waals surface area contributed by atoms with Gasteiger partial charge in [0, 0.05) is 0 Å². The Morgan fingerprint density at radius 2 is 1.56 bits per heavy atom. The minimum atomic E-state index is -2.59. The molecule has 56 valence electrons. The predicted octanol–water partition coefficient (Wildman–Crippen LogP) is -2.79. The fourth-order valence-corrected chi connectivity index (χ4v) is 0. The average molecular weight is 172 g/mol. The maximum absolute atomic E-state index is 8.56. The highest BCUT2D eigenvalue weighted by atomic mass is 28.4. The molecule has 0 aromatic rings. The molecule has 8 heteroatoms.